The highest BCUT2D eigenvalue weighted by atomic mass is 35.5. The van der Waals surface area contributed by atoms with E-state index in [0.29, 0.717) is 11.7 Å². The molecule has 20 heavy (non-hydrogen) atoms. The highest BCUT2D eigenvalue weighted by Crippen LogP contribution is 2.25. The number of anilines is 1. The van der Waals surface area contributed by atoms with Crippen LogP contribution in [0.3, 0.4) is 0 Å². The molecule has 2 aromatic rings. The fourth-order valence-corrected chi connectivity index (χ4v) is 2.25. The topological polar surface area (TPSA) is 68.0 Å². The standard InChI is InChI=1S/C14H17N3OS.ClH/c1-9-3-5-11(6-4-9)12-8-19-14(16-12)17-13(18)10(2)7-15;/h3-6,8,10H,7,15H2,1-2H3,(H,16,17,18);1H. The lowest BCUT2D eigenvalue weighted by Gasteiger charge is -2.06. The summed E-state index contributed by atoms with van der Waals surface area (Å²) in [7, 11) is 0. The smallest absolute Gasteiger partial charge is 0.230 e. The van der Waals surface area contributed by atoms with E-state index < -0.39 is 0 Å². The minimum Gasteiger partial charge on any atom is -0.330 e. The highest BCUT2D eigenvalue weighted by molar-refractivity contribution is 7.14. The summed E-state index contributed by atoms with van der Waals surface area (Å²) < 4.78 is 0. The summed E-state index contributed by atoms with van der Waals surface area (Å²) in [4.78, 5) is 16.1. The van der Waals surface area contributed by atoms with E-state index in [9.17, 15) is 4.79 Å². The van der Waals surface area contributed by atoms with Gasteiger partial charge in [-0.25, -0.2) is 4.98 Å². The first kappa shape index (κ1) is 16.6. The Morgan fingerprint density at radius 1 is 1.40 bits per heavy atom. The first-order valence-electron chi connectivity index (χ1n) is 6.13. The van der Waals surface area contributed by atoms with E-state index in [1.54, 1.807) is 6.92 Å². The van der Waals surface area contributed by atoms with Gasteiger partial charge < -0.3 is 11.1 Å². The van der Waals surface area contributed by atoms with Crippen LogP contribution in [-0.2, 0) is 4.79 Å². The zero-order valence-corrected chi connectivity index (χ0v) is 13.1. The second-order valence-corrected chi connectivity index (χ2v) is 5.39. The molecule has 1 amide bonds. The van der Waals surface area contributed by atoms with Gasteiger partial charge in [-0.3, -0.25) is 4.79 Å². The van der Waals surface area contributed by atoms with Crippen LogP contribution in [0.15, 0.2) is 29.6 Å². The number of rotatable bonds is 4. The molecule has 1 heterocycles. The molecule has 4 nitrogen and oxygen atoms in total. The molecule has 1 aromatic carbocycles. The van der Waals surface area contributed by atoms with Gasteiger partial charge in [0, 0.05) is 23.4 Å². The molecule has 0 aliphatic carbocycles. The van der Waals surface area contributed by atoms with E-state index in [-0.39, 0.29) is 24.2 Å². The number of nitrogens with two attached hydrogens (primary N) is 1. The predicted molar refractivity (Wildman–Crippen MR) is 86.4 cm³/mol. The van der Waals surface area contributed by atoms with Crippen molar-refractivity contribution in [3.63, 3.8) is 0 Å². The van der Waals surface area contributed by atoms with E-state index in [2.05, 4.69) is 10.3 Å². The summed E-state index contributed by atoms with van der Waals surface area (Å²) in [5, 5.41) is 5.33. The summed E-state index contributed by atoms with van der Waals surface area (Å²) in [6.07, 6.45) is 0. The third kappa shape index (κ3) is 4.03. The molecule has 0 bridgehead atoms. The summed E-state index contributed by atoms with van der Waals surface area (Å²) in [5.74, 6) is -0.293. The molecule has 1 aromatic heterocycles. The maximum atomic E-state index is 11.7. The van der Waals surface area contributed by atoms with Crippen LogP contribution in [-0.4, -0.2) is 17.4 Å². The molecule has 0 fully saturated rings. The molecule has 2 rings (SSSR count). The average Bonchev–Trinajstić information content (AvgIpc) is 2.87. The van der Waals surface area contributed by atoms with Crippen LogP contribution in [0.5, 0.6) is 0 Å². The van der Waals surface area contributed by atoms with E-state index in [4.69, 9.17) is 5.73 Å². The Balaban J connectivity index is 0.00000200. The van der Waals surface area contributed by atoms with Gasteiger partial charge in [0.2, 0.25) is 5.91 Å². The number of hydrogen-bond donors (Lipinski definition) is 2. The Hall–Kier alpha value is -1.43. The molecule has 0 radical (unpaired) electrons. The molecule has 0 aliphatic rings. The highest BCUT2D eigenvalue weighted by Gasteiger charge is 2.13. The van der Waals surface area contributed by atoms with Crippen LogP contribution < -0.4 is 11.1 Å². The van der Waals surface area contributed by atoms with Crippen LogP contribution in [0.2, 0.25) is 0 Å². The van der Waals surface area contributed by atoms with Gasteiger partial charge in [-0.1, -0.05) is 36.8 Å². The van der Waals surface area contributed by atoms with Crippen molar-refractivity contribution in [1.82, 2.24) is 4.98 Å². The number of nitrogens with one attached hydrogen (secondary N) is 1. The van der Waals surface area contributed by atoms with Gasteiger partial charge in [0.05, 0.1) is 5.69 Å². The molecular formula is C14H18ClN3OS. The monoisotopic (exact) mass is 311 g/mol. The lowest BCUT2D eigenvalue weighted by atomic mass is 10.1. The molecular weight excluding hydrogens is 294 g/mol. The van der Waals surface area contributed by atoms with E-state index >= 15 is 0 Å². The van der Waals surface area contributed by atoms with Crippen LogP contribution in [0.4, 0.5) is 5.13 Å². The van der Waals surface area contributed by atoms with Crippen molar-refractivity contribution in [1.29, 1.82) is 0 Å². The van der Waals surface area contributed by atoms with Crippen LogP contribution in [0.25, 0.3) is 11.3 Å². The van der Waals surface area contributed by atoms with Crippen molar-refractivity contribution < 1.29 is 4.79 Å². The van der Waals surface area contributed by atoms with Crippen molar-refractivity contribution in [3.05, 3.63) is 35.2 Å². The van der Waals surface area contributed by atoms with Crippen molar-refractivity contribution in [2.45, 2.75) is 13.8 Å². The molecule has 0 spiro atoms. The van der Waals surface area contributed by atoms with Gasteiger partial charge in [-0.05, 0) is 6.92 Å². The molecule has 6 heteroatoms. The van der Waals surface area contributed by atoms with Crippen molar-refractivity contribution in [3.8, 4) is 11.3 Å². The number of nitrogens with zero attached hydrogens (tertiary/aromatic N) is 1. The minimum absolute atomic E-state index is 0. The second kappa shape index (κ2) is 7.38. The minimum atomic E-state index is -0.202. The van der Waals surface area contributed by atoms with Gasteiger partial charge >= 0.3 is 0 Å². The number of aryl methyl sites for hydroxylation is 1. The fraction of sp³-hybridized carbons (Fsp3) is 0.286. The first-order chi connectivity index (χ1) is 9.10. The Labute approximate surface area is 128 Å². The Morgan fingerprint density at radius 2 is 2.05 bits per heavy atom. The first-order valence-corrected chi connectivity index (χ1v) is 7.01. The zero-order chi connectivity index (χ0) is 13.8. The lowest BCUT2D eigenvalue weighted by Crippen LogP contribution is -2.26. The number of carbonyl (C=O) groups excluding carboxylic acids is 1. The summed E-state index contributed by atoms with van der Waals surface area (Å²) in [6, 6.07) is 8.14. The Morgan fingerprint density at radius 3 is 2.65 bits per heavy atom. The van der Waals surface area contributed by atoms with Crippen molar-refractivity contribution >= 4 is 34.8 Å². The van der Waals surface area contributed by atoms with Gasteiger partial charge in [-0.15, -0.1) is 23.7 Å². The Bertz CT molecular complexity index is 568. The van der Waals surface area contributed by atoms with Gasteiger partial charge in [0.1, 0.15) is 0 Å². The average molecular weight is 312 g/mol. The molecule has 0 saturated carbocycles. The normalized spacial score (nSPS) is 11.6. The molecule has 0 saturated heterocycles. The summed E-state index contributed by atoms with van der Waals surface area (Å²) >= 11 is 1.42. The SMILES string of the molecule is Cc1ccc(-c2csc(NC(=O)C(C)CN)n2)cc1.Cl. The van der Waals surface area contributed by atoms with E-state index in [1.807, 2.05) is 36.6 Å². The third-order valence-electron chi connectivity index (χ3n) is 2.88. The quantitative estimate of drug-likeness (QED) is 0.911. The number of hydrogen-bond acceptors (Lipinski definition) is 4. The van der Waals surface area contributed by atoms with Crippen LogP contribution in [0.1, 0.15) is 12.5 Å². The molecule has 1 unspecified atom stereocenters. The second-order valence-electron chi connectivity index (χ2n) is 4.53. The van der Waals surface area contributed by atoms with E-state index in [0.717, 1.165) is 11.3 Å². The van der Waals surface area contributed by atoms with Crippen LogP contribution >= 0.6 is 23.7 Å². The number of thiazole rings is 1. The molecule has 108 valence electrons. The van der Waals surface area contributed by atoms with E-state index in [1.165, 1.54) is 16.9 Å². The maximum Gasteiger partial charge on any atom is 0.230 e. The van der Waals surface area contributed by atoms with Crippen molar-refractivity contribution in [2.75, 3.05) is 11.9 Å². The lowest BCUT2D eigenvalue weighted by molar-refractivity contribution is -0.119. The number of benzene rings is 1. The van der Waals surface area contributed by atoms with Crippen LogP contribution in [0, 0.1) is 12.8 Å². The maximum absolute atomic E-state index is 11.7. The Kier molecular flexibility index (Phi) is 6.13. The number of aromatic nitrogens is 1. The number of halogens is 1. The van der Waals surface area contributed by atoms with Gasteiger partial charge in [-0.2, -0.15) is 0 Å². The van der Waals surface area contributed by atoms with Gasteiger partial charge in [0.25, 0.3) is 0 Å². The zero-order valence-electron chi connectivity index (χ0n) is 11.4. The predicted octanol–water partition coefficient (Wildman–Crippen LogP) is 3.07. The number of carbonyl (C=O) groups is 1. The summed E-state index contributed by atoms with van der Waals surface area (Å²) in [5.41, 5.74) is 8.60. The van der Waals surface area contributed by atoms with Crippen molar-refractivity contribution in [2.24, 2.45) is 11.7 Å². The molecule has 1 atom stereocenters. The fourth-order valence-electron chi connectivity index (χ4n) is 1.52. The summed E-state index contributed by atoms with van der Waals surface area (Å²) in [6.45, 7) is 4.18. The number of amides is 1. The largest absolute Gasteiger partial charge is 0.330 e. The third-order valence-corrected chi connectivity index (χ3v) is 3.64. The van der Waals surface area contributed by atoms with Gasteiger partial charge in [0.15, 0.2) is 5.13 Å². The molecule has 0 aliphatic heterocycles. The molecule has 3 N–H and O–H groups in total.